The van der Waals surface area contributed by atoms with Gasteiger partial charge in [0, 0.05) is 25.2 Å². The maximum Gasteiger partial charge on any atom is 0.270 e. The van der Waals surface area contributed by atoms with Crippen LogP contribution in [0.15, 0.2) is 36.5 Å². The zero-order valence-corrected chi connectivity index (χ0v) is 15.9. The predicted octanol–water partition coefficient (Wildman–Crippen LogP) is 2.32. The Morgan fingerprint density at radius 1 is 1.31 bits per heavy atom. The lowest BCUT2D eigenvalue weighted by molar-refractivity contribution is -0.0261. The van der Waals surface area contributed by atoms with Crippen LogP contribution in [0.3, 0.4) is 0 Å². The highest BCUT2D eigenvalue weighted by Gasteiger charge is 2.26. The van der Waals surface area contributed by atoms with Gasteiger partial charge in [-0.3, -0.25) is 4.79 Å². The highest BCUT2D eigenvalue weighted by atomic mass is 19.2. The average molecular weight is 401 g/mol. The number of ether oxygens (including phenoxy) is 1. The molecule has 2 aromatic heterocycles. The third kappa shape index (κ3) is 3.99. The number of hydrogen-bond acceptors (Lipinski definition) is 4. The van der Waals surface area contributed by atoms with E-state index in [-0.39, 0.29) is 12.3 Å². The van der Waals surface area contributed by atoms with Crippen LogP contribution in [0, 0.1) is 11.6 Å². The molecule has 0 unspecified atom stereocenters. The SMILES string of the molecule is Cn1ccc2c(Cc3ccc(F)c(F)c3)cc(C(=O)N[C@@H]3CCOC[C@H]3O)nc21. The van der Waals surface area contributed by atoms with E-state index in [2.05, 4.69) is 10.3 Å². The highest BCUT2D eigenvalue weighted by Crippen LogP contribution is 2.23. The highest BCUT2D eigenvalue weighted by molar-refractivity contribution is 5.95. The Bertz CT molecular complexity index is 1070. The predicted molar refractivity (Wildman–Crippen MR) is 103 cm³/mol. The van der Waals surface area contributed by atoms with Crippen molar-refractivity contribution in [3.05, 3.63) is 65.0 Å². The molecule has 6 nitrogen and oxygen atoms in total. The van der Waals surface area contributed by atoms with Gasteiger partial charge in [-0.1, -0.05) is 6.07 Å². The second-order valence-electron chi connectivity index (χ2n) is 7.27. The topological polar surface area (TPSA) is 76.4 Å². The van der Waals surface area contributed by atoms with Crippen molar-refractivity contribution in [1.82, 2.24) is 14.9 Å². The Kier molecular flexibility index (Phi) is 5.29. The van der Waals surface area contributed by atoms with Crippen molar-refractivity contribution in [2.45, 2.75) is 25.0 Å². The molecule has 3 aromatic rings. The quantitative estimate of drug-likeness (QED) is 0.704. The smallest absolute Gasteiger partial charge is 0.270 e. The van der Waals surface area contributed by atoms with Gasteiger partial charge in [0.05, 0.1) is 18.8 Å². The Balaban J connectivity index is 1.67. The number of nitrogens with zero attached hydrogens (tertiary/aromatic N) is 2. The van der Waals surface area contributed by atoms with Gasteiger partial charge in [0.25, 0.3) is 5.91 Å². The zero-order chi connectivity index (χ0) is 20.5. The molecule has 1 fully saturated rings. The van der Waals surface area contributed by atoms with Gasteiger partial charge < -0.3 is 19.7 Å². The molecule has 152 valence electrons. The third-order valence-corrected chi connectivity index (χ3v) is 5.18. The summed E-state index contributed by atoms with van der Waals surface area (Å²) in [5.74, 6) is -2.21. The van der Waals surface area contributed by atoms with Crippen molar-refractivity contribution in [3.8, 4) is 0 Å². The number of aryl methyl sites for hydroxylation is 1. The molecule has 1 aliphatic rings. The normalized spacial score (nSPS) is 19.4. The number of hydrogen-bond donors (Lipinski definition) is 2. The van der Waals surface area contributed by atoms with Gasteiger partial charge in [-0.25, -0.2) is 13.8 Å². The molecular formula is C21H21F2N3O3. The molecule has 1 aromatic carbocycles. The molecule has 3 heterocycles. The van der Waals surface area contributed by atoms with Crippen molar-refractivity contribution in [1.29, 1.82) is 0 Å². The minimum absolute atomic E-state index is 0.177. The minimum atomic E-state index is -0.910. The molecule has 4 rings (SSSR count). The Hall–Kier alpha value is -2.84. The van der Waals surface area contributed by atoms with Crippen LogP contribution in [0.25, 0.3) is 11.0 Å². The molecule has 1 amide bonds. The van der Waals surface area contributed by atoms with Crippen LogP contribution in [0.2, 0.25) is 0 Å². The molecule has 29 heavy (non-hydrogen) atoms. The van der Waals surface area contributed by atoms with Crippen LogP contribution < -0.4 is 5.32 Å². The van der Waals surface area contributed by atoms with Gasteiger partial charge >= 0.3 is 0 Å². The van der Waals surface area contributed by atoms with Crippen molar-refractivity contribution >= 4 is 16.9 Å². The van der Waals surface area contributed by atoms with Gasteiger partial charge in [-0.05, 0) is 48.2 Å². The number of nitrogens with one attached hydrogen (secondary N) is 1. The van der Waals surface area contributed by atoms with E-state index in [9.17, 15) is 18.7 Å². The van der Waals surface area contributed by atoms with Crippen molar-refractivity contribution in [2.75, 3.05) is 13.2 Å². The second kappa shape index (κ2) is 7.88. The third-order valence-electron chi connectivity index (χ3n) is 5.18. The first-order valence-electron chi connectivity index (χ1n) is 9.38. The van der Waals surface area contributed by atoms with Crippen molar-refractivity contribution in [3.63, 3.8) is 0 Å². The van der Waals surface area contributed by atoms with Crippen LogP contribution >= 0.6 is 0 Å². The molecule has 1 saturated heterocycles. The van der Waals surface area contributed by atoms with Gasteiger partial charge in [0.2, 0.25) is 0 Å². The first-order valence-corrected chi connectivity index (χ1v) is 9.38. The molecule has 0 spiro atoms. The molecule has 0 aliphatic carbocycles. The number of benzene rings is 1. The van der Waals surface area contributed by atoms with Crippen LogP contribution in [0.4, 0.5) is 8.78 Å². The molecule has 0 radical (unpaired) electrons. The fourth-order valence-corrected chi connectivity index (χ4v) is 3.57. The first-order chi connectivity index (χ1) is 13.9. The number of aliphatic hydroxyl groups excluding tert-OH is 1. The average Bonchev–Trinajstić information content (AvgIpc) is 3.08. The molecule has 1 aliphatic heterocycles. The Morgan fingerprint density at radius 2 is 2.14 bits per heavy atom. The summed E-state index contributed by atoms with van der Waals surface area (Å²) in [6.07, 6.45) is 1.89. The maximum atomic E-state index is 13.6. The van der Waals surface area contributed by atoms with Crippen LogP contribution in [-0.2, 0) is 18.2 Å². The largest absolute Gasteiger partial charge is 0.389 e. The maximum absolute atomic E-state index is 13.6. The number of amides is 1. The van der Waals surface area contributed by atoms with E-state index in [1.165, 1.54) is 6.07 Å². The fourth-order valence-electron chi connectivity index (χ4n) is 3.57. The Morgan fingerprint density at radius 3 is 2.90 bits per heavy atom. The monoisotopic (exact) mass is 401 g/mol. The van der Waals surface area contributed by atoms with Gasteiger partial charge in [0.1, 0.15) is 11.3 Å². The lowest BCUT2D eigenvalue weighted by Crippen LogP contribution is -2.48. The summed E-state index contributed by atoms with van der Waals surface area (Å²) in [5.41, 5.74) is 2.18. The lowest BCUT2D eigenvalue weighted by Gasteiger charge is -2.28. The first kappa shape index (κ1) is 19.5. The van der Waals surface area contributed by atoms with Gasteiger partial charge in [-0.2, -0.15) is 0 Å². The fraction of sp³-hybridized carbons (Fsp3) is 0.333. The van der Waals surface area contributed by atoms with Gasteiger partial charge in [0.15, 0.2) is 11.6 Å². The van der Waals surface area contributed by atoms with E-state index in [0.29, 0.717) is 30.7 Å². The Labute approximate surface area is 166 Å². The molecule has 2 N–H and O–H groups in total. The summed E-state index contributed by atoms with van der Waals surface area (Å²) in [7, 11) is 1.82. The number of fused-ring (bicyclic) bond motifs is 1. The van der Waals surface area contributed by atoms with Crippen LogP contribution in [0.1, 0.15) is 28.0 Å². The summed E-state index contributed by atoms with van der Waals surface area (Å²) >= 11 is 0. The van der Waals surface area contributed by atoms with Crippen LogP contribution in [-0.4, -0.2) is 45.9 Å². The minimum Gasteiger partial charge on any atom is -0.389 e. The number of carbonyl (C=O) groups is 1. The standard InChI is InChI=1S/C21H21F2N3O3/c1-26-6-4-14-13(8-12-2-3-15(22)16(23)9-12)10-18(24-20(14)26)21(28)25-17-5-7-29-11-19(17)27/h2-4,6,9-10,17,19,27H,5,7-8,11H2,1H3,(H,25,28)/t17-,19-/m1/s1. The summed E-state index contributed by atoms with van der Waals surface area (Å²) in [6.45, 7) is 0.643. The van der Waals surface area contributed by atoms with Crippen molar-refractivity contribution in [2.24, 2.45) is 7.05 Å². The van der Waals surface area contributed by atoms with E-state index < -0.39 is 29.7 Å². The van der Waals surface area contributed by atoms with Crippen molar-refractivity contribution < 1.29 is 23.4 Å². The molecule has 0 bridgehead atoms. The van der Waals surface area contributed by atoms with Crippen LogP contribution in [0.5, 0.6) is 0 Å². The number of aliphatic hydroxyl groups is 1. The molecule has 8 heteroatoms. The van der Waals surface area contributed by atoms with E-state index in [1.807, 2.05) is 19.3 Å². The van der Waals surface area contributed by atoms with E-state index >= 15 is 0 Å². The second-order valence-corrected chi connectivity index (χ2v) is 7.27. The number of carbonyl (C=O) groups excluding carboxylic acids is 1. The summed E-state index contributed by atoms with van der Waals surface area (Å²) in [4.78, 5) is 17.3. The number of pyridine rings is 1. The van der Waals surface area contributed by atoms with Gasteiger partial charge in [-0.15, -0.1) is 0 Å². The summed E-state index contributed by atoms with van der Waals surface area (Å²) < 4.78 is 33.8. The molecule has 2 atom stereocenters. The zero-order valence-electron chi connectivity index (χ0n) is 15.9. The number of aromatic nitrogens is 2. The van der Waals surface area contributed by atoms with E-state index in [1.54, 1.807) is 10.6 Å². The molecular weight excluding hydrogens is 380 g/mol. The number of halogens is 2. The van der Waals surface area contributed by atoms with E-state index in [4.69, 9.17) is 4.74 Å². The summed E-state index contributed by atoms with van der Waals surface area (Å²) in [5, 5.41) is 13.7. The van der Waals surface area contributed by atoms with E-state index in [0.717, 1.165) is 23.1 Å². The molecule has 0 saturated carbocycles. The number of rotatable bonds is 4. The lowest BCUT2D eigenvalue weighted by atomic mass is 10.0. The summed E-state index contributed by atoms with van der Waals surface area (Å²) in [6, 6.07) is 6.89.